The van der Waals surface area contributed by atoms with Crippen LogP contribution in [0.1, 0.15) is 24.3 Å². The molecule has 0 amide bonds. The summed E-state index contributed by atoms with van der Waals surface area (Å²) in [7, 11) is 0. The van der Waals surface area contributed by atoms with Gasteiger partial charge < -0.3 is 20.5 Å². The summed E-state index contributed by atoms with van der Waals surface area (Å²) in [6.07, 6.45) is 1.65. The van der Waals surface area contributed by atoms with Crippen molar-refractivity contribution in [2.75, 3.05) is 19.6 Å². The number of halogens is 3. The van der Waals surface area contributed by atoms with Gasteiger partial charge in [-0.25, -0.2) is 0 Å². The van der Waals surface area contributed by atoms with Gasteiger partial charge in [0, 0.05) is 31.4 Å². The Morgan fingerprint density at radius 1 is 1.18 bits per heavy atom. The highest BCUT2D eigenvalue weighted by molar-refractivity contribution is 14.0. The first-order chi connectivity index (χ1) is 13.1. The lowest BCUT2D eigenvalue weighted by Crippen LogP contribution is -2.38. The zero-order valence-electron chi connectivity index (χ0n) is 15.5. The third-order valence-corrected chi connectivity index (χ3v) is 3.66. The fourth-order valence-corrected chi connectivity index (χ4v) is 2.35. The Kier molecular flexibility index (Phi) is 11.3. The van der Waals surface area contributed by atoms with Crippen LogP contribution in [0, 0.1) is 0 Å². The van der Waals surface area contributed by atoms with Crippen molar-refractivity contribution in [1.29, 1.82) is 0 Å². The van der Waals surface area contributed by atoms with E-state index in [0.29, 0.717) is 24.6 Å². The van der Waals surface area contributed by atoms with Crippen LogP contribution in [0.25, 0.3) is 0 Å². The number of aliphatic hydroxyl groups excluding tert-OH is 1. The summed E-state index contributed by atoms with van der Waals surface area (Å²) in [6.45, 7) is 0.552. The van der Waals surface area contributed by atoms with Crippen LogP contribution in [0.15, 0.2) is 53.7 Å². The largest absolute Gasteiger partial charge is 0.435 e. The van der Waals surface area contributed by atoms with E-state index in [1.807, 2.05) is 25.1 Å². The molecule has 28 heavy (non-hydrogen) atoms. The van der Waals surface area contributed by atoms with Gasteiger partial charge in [0.05, 0.1) is 12.6 Å². The number of aromatic nitrogens is 1. The van der Waals surface area contributed by atoms with Crippen LogP contribution in [0.5, 0.6) is 5.75 Å². The van der Waals surface area contributed by atoms with Crippen LogP contribution in [0.2, 0.25) is 0 Å². The third kappa shape index (κ3) is 8.79. The van der Waals surface area contributed by atoms with Crippen molar-refractivity contribution < 1.29 is 18.6 Å². The lowest BCUT2D eigenvalue weighted by Gasteiger charge is -2.13. The molecule has 0 spiro atoms. The van der Waals surface area contributed by atoms with Crippen molar-refractivity contribution in [2.45, 2.75) is 26.1 Å². The molecule has 0 aliphatic heterocycles. The number of guanidine groups is 1. The molecule has 2 rings (SSSR count). The van der Waals surface area contributed by atoms with Gasteiger partial charge in [0.2, 0.25) is 0 Å². The molecule has 0 aliphatic rings. The van der Waals surface area contributed by atoms with E-state index in [-0.39, 0.29) is 36.3 Å². The summed E-state index contributed by atoms with van der Waals surface area (Å²) in [6, 6.07) is 11.6. The molecule has 1 unspecified atom stereocenters. The van der Waals surface area contributed by atoms with Crippen LogP contribution >= 0.6 is 24.0 Å². The van der Waals surface area contributed by atoms with E-state index in [1.54, 1.807) is 18.3 Å². The number of pyridine rings is 1. The SMILES string of the molecule is CCNC(=NCC(O)c1ccc(OC(F)F)cc1)NCCc1ccccn1.I. The van der Waals surface area contributed by atoms with E-state index >= 15 is 0 Å². The number of hydrogen-bond acceptors (Lipinski definition) is 4. The highest BCUT2D eigenvalue weighted by Gasteiger charge is 2.09. The minimum Gasteiger partial charge on any atom is -0.435 e. The normalized spacial score (nSPS) is 12.2. The molecule has 1 aromatic heterocycles. The molecule has 0 saturated carbocycles. The van der Waals surface area contributed by atoms with Crippen LogP contribution in [-0.2, 0) is 6.42 Å². The number of ether oxygens (including phenoxy) is 1. The Morgan fingerprint density at radius 3 is 2.54 bits per heavy atom. The van der Waals surface area contributed by atoms with E-state index in [4.69, 9.17) is 0 Å². The number of benzene rings is 1. The lowest BCUT2D eigenvalue weighted by molar-refractivity contribution is -0.0498. The smallest absolute Gasteiger partial charge is 0.387 e. The van der Waals surface area contributed by atoms with Crippen LogP contribution in [0.3, 0.4) is 0 Å². The zero-order valence-corrected chi connectivity index (χ0v) is 17.8. The number of aliphatic hydroxyl groups is 1. The molecule has 9 heteroatoms. The Balaban J connectivity index is 0.00000392. The van der Waals surface area contributed by atoms with Crippen molar-refractivity contribution in [2.24, 2.45) is 4.99 Å². The standard InChI is InChI=1S/C19H24F2N4O2.HI/c1-2-22-19(24-12-10-15-5-3-4-11-23-15)25-13-17(26)14-6-8-16(9-7-14)27-18(20)21;/h3-9,11,17-18,26H,2,10,12-13H2,1H3,(H2,22,24,25);1H. The van der Waals surface area contributed by atoms with Gasteiger partial charge in [-0.1, -0.05) is 18.2 Å². The van der Waals surface area contributed by atoms with Crippen molar-refractivity contribution in [3.8, 4) is 5.75 Å². The van der Waals surface area contributed by atoms with Crippen molar-refractivity contribution in [3.05, 3.63) is 59.9 Å². The van der Waals surface area contributed by atoms with Gasteiger partial charge in [0.25, 0.3) is 0 Å². The monoisotopic (exact) mass is 506 g/mol. The Morgan fingerprint density at radius 2 is 1.93 bits per heavy atom. The Bertz CT molecular complexity index is 703. The third-order valence-electron chi connectivity index (χ3n) is 3.66. The van der Waals surface area contributed by atoms with Gasteiger partial charge in [0.15, 0.2) is 5.96 Å². The molecule has 0 aliphatic carbocycles. The molecule has 2 aromatic rings. The van der Waals surface area contributed by atoms with E-state index in [0.717, 1.165) is 12.1 Å². The molecule has 1 heterocycles. The number of aliphatic imine (C=N–C) groups is 1. The van der Waals surface area contributed by atoms with Crippen LogP contribution < -0.4 is 15.4 Å². The second kappa shape index (κ2) is 13.2. The second-order valence-corrected chi connectivity index (χ2v) is 5.68. The number of rotatable bonds is 9. The maximum atomic E-state index is 12.2. The molecule has 6 nitrogen and oxygen atoms in total. The predicted octanol–water partition coefficient (Wildman–Crippen LogP) is 3.13. The average Bonchev–Trinajstić information content (AvgIpc) is 2.67. The maximum Gasteiger partial charge on any atom is 0.387 e. The molecular weight excluding hydrogens is 481 g/mol. The summed E-state index contributed by atoms with van der Waals surface area (Å²) >= 11 is 0. The van der Waals surface area contributed by atoms with E-state index in [1.165, 1.54) is 12.1 Å². The Hall–Kier alpha value is -2.01. The molecule has 0 saturated heterocycles. The van der Waals surface area contributed by atoms with Crippen LogP contribution in [0.4, 0.5) is 8.78 Å². The Labute approximate surface area is 180 Å². The molecule has 0 radical (unpaired) electrons. The number of nitrogens with zero attached hydrogens (tertiary/aromatic N) is 2. The first-order valence-electron chi connectivity index (χ1n) is 8.73. The average molecular weight is 506 g/mol. The molecule has 0 fully saturated rings. The van der Waals surface area contributed by atoms with Crippen LogP contribution in [-0.4, -0.2) is 42.3 Å². The van der Waals surface area contributed by atoms with Gasteiger partial charge >= 0.3 is 6.61 Å². The van der Waals surface area contributed by atoms with Gasteiger partial charge in [-0.2, -0.15) is 8.78 Å². The number of nitrogens with one attached hydrogen (secondary N) is 2. The van der Waals surface area contributed by atoms with Crippen molar-refractivity contribution in [1.82, 2.24) is 15.6 Å². The highest BCUT2D eigenvalue weighted by atomic mass is 127. The van der Waals surface area contributed by atoms with Gasteiger partial charge in [0.1, 0.15) is 5.75 Å². The first kappa shape index (κ1) is 24.0. The fourth-order valence-electron chi connectivity index (χ4n) is 2.35. The zero-order chi connectivity index (χ0) is 19.5. The molecule has 3 N–H and O–H groups in total. The fraction of sp³-hybridized carbons (Fsp3) is 0.368. The quantitative estimate of drug-likeness (QED) is 0.277. The maximum absolute atomic E-state index is 12.2. The minimum absolute atomic E-state index is 0. The molecule has 154 valence electrons. The van der Waals surface area contributed by atoms with E-state index in [2.05, 4.69) is 25.3 Å². The molecule has 0 bridgehead atoms. The lowest BCUT2D eigenvalue weighted by atomic mass is 10.1. The summed E-state index contributed by atoms with van der Waals surface area (Å²) in [5.74, 6) is 0.638. The molecule has 1 aromatic carbocycles. The van der Waals surface area contributed by atoms with E-state index in [9.17, 15) is 13.9 Å². The molecular formula is C19H25F2IN4O2. The van der Waals surface area contributed by atoms with Gasteiger partial charge in [-0.15, -0.1) is 24.0 Å². The molecule has 1 atom stereocenters. The first-order valence-corrected chi connectivity index (χ1v) is 8.73. The van der Waals surface area contributed by atoms with Crippen molar-refractivity contribution in [3.63, 3.8) is 0 Å². The summed E-state index contributed by atoms with van der Waals surface area (Å²) in [5.41, 5.74) is 1.55. The van der Waals surface area contributed by atoms with Gasteiger partial charge in [-0.05, 0) is 36.8 Å². The van der Waals surface area contributed by atoms with Crippen molar-refractivity contribution >= 4 is 29.9 Å². The summed E-state index contributed by atoms with van der Waals surface area (Å²) in [5, 5.41) is 16.6. The second-order valence-electron chi connectivity index (χ2n) is 5.68. The number of hydrogen-bond donors (Lipinski definition) is 3. The topological polar surface area (TPSA) is 78.8 Å². The van der Waals surface area contributed by atoms with E-state index < -0.39 is 12.7 Å². The highest BCUT2D eigenvalue weighted by Crippen LogP contribution is 2.19. The van der Waals surface area contributed by atoms with Gasteiger partial charge in [-0.3, -0.25) is 9.98 Å². The number of alkyl halides is 2. The summed E-state index contributed by atoms with van der Waals surface area (Å²) < 4.78 is 28.6. The minimum atomic E-state index is -2.87. The predicted molar refractivity (Wildman–Crippen MR) is 115 cm³/mol. The summed E-state index contributed by atoms with van der Waals surface area (Å²) in [4.78, 5) is 8.63.